The summed E-state index contributed by atoms with van der Waals surface area (Å²) in [6.07, 6.45) is 2.33. The van der Waals surface area contributed by atoms with Crippen LogP contribution >= 0.6 is 11.3 Å². The van der Waals surface area contributed by atoms with Crippen LogP contribution in [0.5, 0.6) is 10.8 Å². The number of ether oxygens (including phenoxy) is 1. The van der Waals surface area contributed by atoms with Gasteiger partial charge in [0.05, 0.1) is 10.4 Å². The quantitative estimate of drug-likeness (QED) is 0.793. The van der Waals surface area contributed by atoms with E-state index in [1.165, 1.54) is 18.3 Å². The minimum atomic E-state index is -0.0449. The zero-order chi connectivity index (χ0) is 19.0. The summed E-state index contributed by atoms with van der Waals surface area (Å²) in [7, 11) is 0. The van der Waals surface area contributed by atoms with Gasteiger partial charge >= 0.3 is 0 Å². The van der Waals surface area contributed by atoms with E-state index in [9.17, 15) is 9.59 Å². The van der Waals surface area contributed by atoms with Crippen LogP contribution in [0.25, 0.3) is 0 Å². The first kappa shape index (κ1) is 18.2. The maximum absolute atomic E-state index is 12.7. The van der Waals surface area contributed by atoms with Crippen LogP contribution in [0, 0.1) is 5.92 Å². The summed E-state index contributed by atoms with van der Waals surface area (Å²) in [5.74, 6) is 1.01. The number of carbonyl (C=O) groups excluding carboxylic acids is 2. The molecule has 1 aromatic carbocycles. The number of Topliss-reactive ketones (excluding diaryl/α,β-unsaturated/α-hetero) is 1. The second-order valence-corrected chi connectivity index (χ2v) is 8.43. The smallest absolute Gasteiger partial charge is 0.261 e. The molecular formula is C21H24N2O3S. The molecule has 142 valence electrons. The van der Waals surface area contributed by atoms with E-state index in [0.717, 1.165) is 25.9 Å². The number of ketones is 1. The van der Waals surface area contributed by atoms with Crippen LogP contribution in [-0.2, 0) is 0 Å². The Morgan fingerprint density at radius 2 is 1.89 bits per heavy atom. The van der Waals surface area contributed by atoms with Gasteiger partial charge in [0.15, 0.2) is 10.8 Å². The third kappa shape index (κ3) is 3.64. The minimum absolute atomic E-state index is 0.0414. The van der Waals surface area contributed by atoms with E-state index in [-0.39, 0.29) is 17.7 Å². The summed E-state index contributed by atoms with van der Waals surface area (Å²) in [5, 5.41) is 3.85. The van der Waals surface area contributed by atoms with Crippen LogP contribution in [-0.4, -0.2) is 41.8 Å². The molecule has 1 aromatic heterocycles. The van der Waals surface area contributed by atoms with Crippen molar-refractivity contribution in [1.82, 2.24) is 10.2 Å². The molecule has 1 N–H and O–H groups in total. The Kier molecular flexibility index (Phi) is 5.02. The van der Waals surface area contributed by atoms with Crippen molar-refractivity contribution >= 4 is 23.0 Å². The van der Waals surface area contributed by atoms with Crippen molar-refractivity contribution in [3.63, 3.8) is 0 Å². The van der Waals surface area contributed by atoms with Crippen LogP contribution in [0.3, 0.4) is 0 Å². The highest BCUT2D eigenvalue weighted by Gasteiger charge is 2.40. The highest BCUT2D eigenvalue weighted by molar-refractivity contribution is 7.15. The fourth-order valence-electron chi connectivity index (χ4n) is 4.22. The largest absolute Gasteiger partial charge is 0.446 e. The van der Waals surface area contributed by atoms with Gasteiger partial charge in [0, 0.05) is 12.1 Å². The zero-order valence-corrected chi connectivity index (χ0v) is 16.4. The second-order valence-electron chi connectivity index (χ2n) is 7.39. The van der Waals surface area contributed by atoms with Crippen LogP contribution < -0.4 is 10.1 Å². The maximum Gasteiger partial charge on any atom is 0.261 e. The van der Waals surface area contributed by atoms with E-state index in [0.29, 0.717) is 33.2 Å². The second kappa shape index (κ2) is 7.44. The number of piperidine rings is 3. The van der Waals surface area contributed by atoms with Crippen molar-refractivity contribution < 1.29 is 14.3 Å². The van der Waals surface area contributed by atoms with Gasteiger partial charge in [-0.3, -0.25) is 14.5 Å². The predicted molar refractivity (Wildman–Crippen MR) is 106 cm³/mol. The molecule has 5 nitrogen and oxygen atoms in total. The van der Waals surface area contributed by atoms with Gasteiger partial charge in [-0.25, -0.2) is 0 Å². The number of fused-ring (bicyclic) bond motifs is 3. The summed E-state index contributed by atoms with van der Waals surface area (Å²) in [6.45, 7) is 6.01. The van der Waals surface area contributed by atoms with E-state index < -0.39 is 0 Å². The number of carbonyl (C=O) groups is 2. The molecule has 0 spiro atoms. The molecule has 27 heavy (non-hydrogen) atoms. The number of para-hydroxylation sites is 1. The summed E-state index contributed by atoms with van der Waals surface area (Å²) in [6, 6.07) is 11.3. The number of thiophene rings is 1. The number of nitrogens with zero attached hydrogens (tertiary/aromatic N) is 1. The molecule has 0 aliphatic carbocycles. The molecule has 2 atom stereocenters. The molecule has 0 radical (unpaired) electrons. The molecule has 0 unspecified atom stereocenters. The van der Waals surface area contributed by atoms with E-state index in [4.69, 9.17) is 4.74 Å². The van der Waals surface area contributed by atoms with E-state index in [1.54, 1.807) is 24.3 Å². The fourth-order valence-corrected chi connectivity index (χ4v) is 4.99. The predicted octanol–water partition coefficient (Wildman–Crippen LogP) is 3.96. The Balaban J connectivity index is 1.45. The summed E-state index contributed by atoms with van der Waals surface area (Å²) in [4.78, 5) is 27.6. The Morgan fingerprint density at radius 3 is 2.59 bits per heavy atom. The third-order valence-electron chi connectivity index (χ3n) is 5.76. The highest BCUT2D eigenvalue weighted by Crippen LogP contribution is 2.34. The van der Waals surface area contributed by atoms with E-state index in [2.05, 4.69) is 17.1 Å². The molecule has 2 bridgehead atoms. The van der Waals surface area contributed by atoms with Crippen molar-refractivity contribution in [3.05, 3.63) is 46.8 Å². The van der Waals surface area contributed by atoms with Crippen LogP contribution in [0.15, 0.2) is 36.4 Å². The topological polar surface area (TPSA) is 58.6 Å². The summed E-state index contributed by atoms with van der Waals surface area (Å²) >= 11 is 1.31. The van der Waals surface area contributed by atoms with Gasteiger partial charge in [-0.05, 0) is 70.0 Å². The highest BCUT2D eigenvalue weighted by atomic mass is 32.1. The fraction of sp³-hybridized carbons (Fsp3) is 0.429. The van der Waals surface area contributed by atoms with Crippen LogP contribution in [0.2, 0.25) is 0 Å². The van der Waals surface area contributed by atoms with Crippen molar-refractivity contribution in [2.75, 3.05) is 13.1 Å². The normalized spacial score (nSPS) is 26.6. The Bertz CT molecular complexity index is 853. The monoisotopic (exact) mass is 384 g/mol. The lowest BCUT2D eigenvalue weighted by atomic mass is 9.79. The van der Waals surface area contributed by atoms with Gasteiger partial charge in [-0.2, -0.15) is 0 Å². The number of hydrogen-bond donors (Lipinski definition) is 1. The van der Waals surface area contributed by atoms with Crippen molar-refractivity contribution in [1.29, 1.82) is 0 Å². The summed E-state index contributed by atoms with van der Waals surface area (Å²) in [5.41, 5.74) is 0.540. The number of amides is 1. The number of nitrogens with one attached hydrogen (secondary N) is 1. The Hall–Kier alpha value is -2.18. The van der Waals surface area contributed by atoms with Crippen LogP contribution in [0.1, 0.15) is 46.7 Å². The number of hydrogen-bond acceptors (Lipinski definition) is 5. The molecule has 6 heteroatoms. The van der Waals surface area contributed by atoms with Gasteiger partial charge < -0.3 is 10.1 Å². The molecular weight excluding hydrogens is 360 g/mol. The molecule has 3 saturated heterocycles. The SMILES string of the molecule is CC(=O)c1ccccc1Oc1ccc(C(=O)N[C@@H]2C3CCN(CC3)[C@H]2C)s1. The van der Waals surface area contributed by atoms with E-state index >= 15 is 0 Å². The minimum Gasteiger partial charge on any atom is -0.446 e. The molecule has 4 heterocycles. The number of benzene rings is 1. The first-order valence-electron chi connectivity index (χ1n) is 9.45. The average Bonchev–Trinajstić information content (AvgIpc) is 3.14. The van der Waals surface area contributed by atoms with Gasteiger partial charge in [0.2, 0.25) is 0 Å². The lowest BCUT2D eigenvalue weighted by Crippen LogP contribution is -2.62. The first-order valence-corrected chi connectivity index (χ1v) is 10.3. The van der Waals surface area contributed by atoms with Gasteiger partial charge in [0.25, 0.3) is 5.91 Å². The molecule has 3 fully saturated rings. The standard InChI is InChI=1S/C21H24N2O3S/c1-13-20(15-9-11-23(13)12-10-15)22-21(25)18-7-8-19(27-18)26-17-6-4-3-5-16(17)14(2)24/h3-8,13,15,20H,9-12H2,1-2H3,(H,22,25)/t13-,20-/m0/s1. The molecule has 5 rings (SSSR count). The van der Waals surface area contributed by atoms with Gasteiger partial charge in [-0.1, -0.05) is 23.5 Å². The molecule has 0 saturated carbocycles. The lowest BCUT2D eigenvalue weighted by molar-refractivity contribution is 0.0218. The maximum atomic E-state index is 12.7. The molecule has 2 aromatic rings. The van der Waals surface area contributed by atoms with E-state index in [1.807, 2.05) is 12.1 Å². The van der Waals surface area contributed by atoms with Crippen LogP contribution in [0.4, 0.5) is 0 Å². The Labute approximate surface area is 163 Å². The summed E-state index contributed by atoms with van der Waals surface area (Å²) < 4.78 is 5.87. The third-order valence-corrected chi connectivity index (χ3v) is 6.72. The first-order chi connectivity index (χ1) is 13.0. The van der Waals surface area contributed by atoms with Crippen molar-refractivity contribution in [2.45, 2.75) is 38.8 Å². The number of rotatable bonds is 5. The Morgan fingerprint density at radius 1 is 1.15 bits per heavy atom. The molecule has 1 amide bonds. The molecule has 3 aliphatic rings. The zero-order valence-electron chi connectivity index (χ0n) is 15.6. The average molecular weight is 385 g/mol. The molecule has 3 aliphatic heterocycles. The lowest BCUT2D eigenvalue weighted by Gasteiger charge is -2.49. The van der Waals surface area contributed by atoms with Crippen molar-refractivity contribution in [3.8, 4) is 10.8 Å². The van der Waals surface area contributed by atoms with Gasteiger partial charge in [-0.15, -0.1) is 0 Å². The van der Waals surface area contributed by atoms with Crippen molar-refractivity contribution in [2.24, 2.45) is 5.92 Å². The van der Waals surface area contributed by atoms with Gasteiger partial charge in [0.1, 0.15) is 5.75 Å².